The van der Waals surface area contributed by atoms with Gasteiger partial charge in [-0.05, 0) is 31.6 Å². The van der Waals surface area contributed by atoms with Crippen LogP contribution in [0.1, 0.15) is 19.8 Å². The number of halogens is 3. The van der Waals surface area contributed by atoms with E-state index in [0.717, 1.165) is 12.1 Å². The minimum atomic E-state index is -4.31. The Hall–Kier alpha value is -1.47. The zero-order chi connectivity index (χ0) is 23.7. The molecule has 1 heterocycles. The normalized spacial score (nSPS) is 24.9. The molecule has 1 aliphatic heterocycles. The van der Waals surface area contributed by atoms with E-state index in [0.29, 0.717) is 0 Å². The van der Waals surface area contributed by atoms with Crippen LogP contribution >= 0.6 is 23.2 Å². The number of rotatable bonds is 7. The van der Waals surface area contributed by atoms with Crippen LogP contribution in [0, 0.1) is 5.82 Å². The first-order valence-electron chi connectivity index (χ1n) is 9.69. The summed E-state index contributed by atoms with van der Waals surface area (Å²) in [4.78, 5) is 12.6. The van der Waals surface area contributed by atoms with Gasteiger partial charge in [0.05, 0.1) is 41.1 Å². The van der Waals surface area contributed by atoms with Crippen LogP contribution in [-0.4, -0.2) is 67.7 Å². The molecule has 0 aromatic heterocycles. The fourth-order valence-corrected chi connectivity index (χ4v) is 5.90. The number of hydrogen-bond acceptors (Lipinski definition) is 8. The Morgan fingerprint density at radius 3 is 2.31 bits per heavy atom. The number of nitrogens with one attached hydrogen (secondary N) is 1. The maximum Gasteiger partial charge on any atom is 0.335 e. The minimum Gasteiger partial charge on any atom is -0.463 e. The monoisotopic (exact) mass is 513 g/mol. The maximum atomic E-state index is 13.5. The summed E-state index contributed by atoms with van der Waals surface area (Å²) >= 11 is 11.9. The van der Waals surface area contributed by atoms with Gasteiger partial charge in [-0.3, -0.25) is 4.72 Å². The molecule has 9 nitrogen and oxygen atoms in total. The van der Waals surface area contributed by atoms with Gasteiger partial charge in [0.15, 0.2) is 5.79 Å². The van der Waals surface area contributed by atoms with Gasteiger partial charge < -0.3 is 24.4 Å². The molecule has 3 rings (SSSR count). The lowest BCUT2D eigenvalue weighted by Gasteiger charge is -2.33. The number of esters is 1. The highest BCUT2D eigenvalue weighted by molar-refractivity contribution is 7.93. The summed E-state index contributed by atoms with van der Waals surface area (Å²) < 4.78 is 58.5. The van der Waals surface area contributed by atoms with Gasteiger partial charge in [0.2, 0.25) is 10.0 Å². The smallest absolute Gasteiger partial charge is 0.335 e. The van der Waals surface area contributed by atoms with Crippen molar-refractivity contribution in [3.63, 3.8) is 0 Å². The number of anilines is 1. The SMILES string of the molecule is CCOC(=O)C1=CC2(CCC1S(=O)(=O)Nc1c(Cl)cc(F)cc1Cl)O[C@H](CO)[C@@H](CO)O2. The molecule has 178 valence electrons. The Kier molecular flexibility index (Phi) is 7.70. The molecule has 0 amide bonds. The van der Waals surface area contributed by atoms with Crippen LogP contribution in [0.3, 0.4) is 0 Å². The first-order chi connectivity index (χ1) is 15.1. The molecule has 0 bridgehead atoms. The van der Waals surface area contributed by atoms with E-state index in [2.05, 4.69) is 4.72 Å². The van der Waals surface area contributed by atoms with Gasteiger partial charge in [0, 0.05) is 6.42 Å². The number of benzene rings is 1. The van der Waals surface area contributed by atoms with Crippen LogP contribution in [0.2, 0.25) is 10.0 Å². The number of carbonyl (C=O) groups is 1. The first kappa shape index (κ1) is 25.2. The lowest BCUT2D eigenvalue weighted by Crippen LogP contribution is -2.42. The molecule has 0 saturated carbocycles. The minimum absolute atomic E-state index is 0.000631. The van der Waals surface area contributed by atoms with Crippen molar-refractivity contribution in [2.24, 2.45) is 0 Å². The summed E-state index contributed by atoms with van der Waals surface area (Å²) in [6.07, 6.45) is -0.651. The van der Waals surface area contributed by atoms with Gasteiger partial charge in [0.1, 0.15) is 23.3 Å². The fraction of sp³-hybridized carbons (Fsp3) is 0.526. The van der Waals surface area contributed by atoms with Crippen molar-refractivity contribution in [1.29, 1.82) is 0 Å². The molecule has 32 heavy (non-hydrogen) atoms. The summed E-state index contributed by atoms with van der Waals surface area (Å²) in [5.41, 5.74) is -0.484. The molecule has 2 aliphatic rings. The van der Waals surface area contributed by atoms with Gasteiger partial charge in [-0.15, -0.1) is 0 Å². The van der Waals surface area contributed by atoms with Crippen molar-refractivity contribution in [2.75, 3.05) is 24.5 Å². The first-order valence-corrected chi connectivity index (χ1v) is 12.0. The number of ether oxygens (including phenoxy) is 3. The van der Waals surface area contributed by atoms with Crippen molar-refractivity contribution < 1.29 is 42.0 Å². The van der Waals surface area contributed by atoms with Crippen molar-refractivity contribution >= 4 is 44.9 Å². The molecular formula is C19H22Cl2FNO8S. The molecule has 3 N–H and O–H groups in total. The molecule has 0 radical (unpaired) electrons. The van der Waals surface area contributed by atoms with E-state index < -0.39 is 58.3 Å². The van der Waals surface area contributed by atoms with E-state index >= 15 is 0 Å². The Morgan fingerprint density at radius 2 is 1.81 bits per heavy atom. The molecule has 1 aliphatic carbocycles. The molecule has 1 fully saturated rings. The van der Waals surface area contributed by atoms with Crippen molar-refractivity contribution in [3.8, 4) is 0 Å². The van der Waals surface area contributed by atoms with E-state index in [4.69, 9.17) is 37.4 Å². The third-order valence-electron chi connectivity index (χ3n) is 5.09. The predicted molar refractivity (Wildman–Crippen MR) is 113 cm³/mol. The second kappa shape index (κ2) is 9.80. The van der Waals surface area contributed by atoms with E-state index in [1.165, 1.54) is 6.08 Å². The number of sulfonamides is 1. The Morgan fingerprint density at radius 1 is 1.25 bits per heavy atom. The average Bonchev–Trinajstić information content (AvgIpc) is 3.07. The van der Waals surface area contributed by atoms with Gasteiger partial charge in [0.25, 0.3) is 0 Å². The van der Waals surface area contributed by atoms with Gasteiger partial charge >= 0.3 is 5.97 Å². The summed E-state index contributed by atoms with van der Waals surface area (Å²) in [7, 11) is -4.31. The number of aliphatic hydroxyl groups is 2. The van der Waals surface area contributed by atoms with Crippen molar-refractivity contribution in [1.82, 2.24) is 0 Å². The highest BCUT2D eigenvalue weighted by Gasteiger charge is 2.51. The average molecular weight is 514 g/mol. The molecule has 1 unspecified atom stereocenters. The van der Waals surface area contributed by atoms with Crippen molar-refractivity contribution in [3.05, 3.63) is 39.6 Å². The summed E-state index contributed by atoms with van der Waals surface area (Å²) in [6, 6.07) is 1.79. The van der Waals surface area contributed by atoms with Crippen LogP contribution in [0.4, 0.5) is 10.1 Å². The Bertz CT molecular complexity index is 984. The lowest BCUT2D eigenvalue weighted by molar-refractivity contribution is -0.154. The largest absolute Gasteiger partial charge is 0.463 e. The second-order valence-electron chi connectivity index (χ2n) is 7.23. The van der Waals surface area contributed by atoms with Crippen LogP contribution in [0.15, 0.2) is 23.8 Å². The number of hydrogen-bond donors (Lipinski definition) is 3. The second-order valence-corrected chi connectivity index (χ2v) is 9.91. The van der Waals surface area contributed by atoms with E-state index in [9.17, 15) is 27.8 Å². The molecular weight excluding hydrogens is 492 g/mol. The topological polar surface area (TPSA) is 131 Å². The maximum absolute atomic E-state index is 13.5. The quantitative estimate of drug-likeness (QED) is 0.471. The number of aliphatic hydroxyl groups excluding tert-OH is 2. The zero-order valence-electron chi connectivity index (χ0n) is 16.9. The Labute approximate surface area is 194 Å². The third-order valence-corrected chi connectivity index (χ3v) is 7.41. The molecule has 13 heteroatoms. The molecule has 1 saturated heterocycles. The molecule has 1 aromatic carbocycles. The van der Waals surface area contributed by atoms with Crippen LogP contribution in [0.5, 0.6) is 0 Å². The molecule has 1 aromatic rings. The summed E-state index contributed by atoms with van der Waals surface area (Å²) in [5, 5.41) is 17.0. The summed E-state index contributed by atoms with van der Waals surface area (Å²) in [5.74, 6) is -3.17. The number of carbonyl (C=O) groups excluding carboxylic acids is 1. The van der Waals surface area contributed by atoms with E-state index in [-0.39, 0.29) is 40.8 Å². The predicted octanol–water partition coefficient (Wildman–Crippen LogP) is 1.99. The Balaban J connectivity index is 1.98. The zero-order valence-corrected chi connectivity index (χ0v) is 19.2. The van der Waals surface area contributed by atoms with Crippen LogP contribution in [-0.2, 0) is 29.0 Å². The lowest BCUT2D eigenvalue weighted by atomic mass is 9.94. The van der Waals surface area contributed by atoms with Crippen LogP contribution in [0.25, 0.3) is 0 Å². The van der Waals surface area contributed by atoms with Crippen LogP contribution < -0.4 is 4.72 Å². The van der Waals surface area contributed by atoms with Crippen molar-refractivity contribution in [2.45, 2.75) is 43.0 Å². The fourth-order valence-electron chi connectivity index (χ4n) is 3.66. The van der Waals surface area contributed by atoms with Gasteiger partial charge in [-0.1, -0.05) is 23.2 Å². The molecule has 3 atom stereocenters. The molecule has 1 spiro atoms. The van der Waals surface area contributed by atoms with E-state index in [1.54, 1.807) is 6.92 Å². The highest BCUT2D eigenvalue weighted by atomic mass is 35.5. The highest BCUT2D eigenvalue weighted by Crippen LogP contribution is 2.42. The summed E-state index contributed by atoms with van der Waals surface area (Å²) in [6.45, 7) is 0.656. The standard InChI is InChI=1S/C19H22Cl2FNO8S/c1-2-29-18(26)11-7-19(30-14(8-24)15(9-25)31-19)4-3-16(11)32(27,28)23-17-12(20)5-10(22)6-13(17)21/h5-7,14-16,23-25H,2-4,8-9H2,1H3/t14-,15-,16?/m1/s1. The van der Waals surface area contributed by atoms with Gasteiger partial charge in [-0.2, -0.15) is 0 Å². The third kappa shape index (κ3) is 5.04. The van der Waals surface area contributed by atoms with Gasteiger partial charge in [-0.25, -0.2) is 17.6 Å². The van der Waals surface area contributed by atoms with E-state index in [1.807, 2.05) is 0 Å².